The summed E-state index contributed by atoms with van der Waals surface area (Å²) in [6.07, 6.45) is 0. The van der Waals surface area contributed by atoms with E-state index in [1.807, 2.05) is 0 Å². The number of hydrogen-bond acceptors (Lipinski definition) is 3. The second-order valence-electron chi connectivity index (χ2n) is 5.74. The van der Waals surface area contributed by atoms with Crippen molar-refractivity contribution >= 4 is 5.82 Å². The maximum Gasteiger partial charge on any atom is 0.200 e. The first-order valence-corrected chi connectivity index (χ1v) is 7.55. The van der Waals surface area contributed by atoms with E-state index in [1.165, 1.54) is 0 Å². The highest BCUT2D eigenvalue weighted by Gasteiger charge is 2.29. The van der Waals surface area contributed by atoms with E-state index < -0.39 is 51.6 Å². The topological polar surface area (TPSA) is 62.7 Å². The van der Waals surface area contributed by atoms with Crippen LogP contribution in [0.5, 0.6) is 0 Å². The van der Waals surface area contributed by atoms with Crippen LogP contribution in [0.3, 0.4) is 0 Å². The fourth-order valence-corrected chi connectivity index (χ4v) is 2.67. The van der Waals surface area contributed by atoms with Crippen LogP contribution in [0.15, 0.2) is 30.3 Å². The molecule has 0 aliphatic heterocycles. The van der Waals surface area contributed by atoms with Gasteiger partial charge in [0, 0.05) is 11.1 Å². The first-order valence-electron chi connectivity index (χ1n) is 7.55. The van der Waals surface area contributed by atoms with Gasteiger partial charge in [-0.2, -0.15) is 5.26 Å². The summed E-state index contributed by atoms with van der Waals surface area (Å²) in [7, 11) is 0. The third-order valence-corrected chi connectivity index (χ3v) is 3.95. The van der Waals surface area contributed by atoms with Gasteiger partial charge >= 0.3 is 0 Å². The van der Waals surface area contributed by atoms with Crippen LogP contribution in [0.2, 0.25) is 0 Å². The summed E-state index contributed by atoms with van der Waals surface area (Å²) in [5.74, 6) is -11.0. The van der Waals surface area contributed by atoms with Crippen LogP contribution in [-0.4, -0.2) is 4.98 Å². The molecule has 2 N–H and O–H groups in total. The van der Waals surface area contributed by atoms with Crippen LogP contribution in [0.25, 0.3) is 22.4 Å². The number of benzene rings is 2. The van der Waals surface area contributed by atoms with Crippen LogP contribution in [0.1, 0.15) is 11.1 Å². The van der Waals surface area contributed by atoms with Gasteiger partial charge in [-0.05, 0) is 19.1 Å². The maximum absolute atomic E-state index is 14.2. The third kappa shape index (κ3) is 2.97. The van der Waals surface area contributed by atoms with Gasteiger partial charge in [0.1, 0.15) is 17.5 Å². The van der Waals surface area contributed by atoms with Gasteiger partial charge in [0.25, 0.3) is 0 Å². The van der Waals surface area contributed by atoms with Crippen LogP contribution in [0, 0.1) is 47.3 Å². The first-order chi connectivity index (χ1) is 12.8. The number of halogens is 5. The van der Waals surface area contributed by atoms with Gasteiger partial charge in [0.2, 0.25) is 5.82 Å². The molecule has 8 heteroatoms. The van der Waals surface area contributed by atoms with Gasteiger partial charge in [-0.3, -0.25) is 0 Å². The van der Waals surface area contributed by atoms with Crippen LogP contribution in [-0.2, 0) is 0 Å². The molecule has 3 rings (SSSR count). The standard InChI is InChI=1S/C19H10F5N3/c1-8-3-2-4-9(5-8)12-6-10(11(7-25)19(26)27-12)13-14(20)16(22)18(24)17(23)15(13)21/h2-6H,1H3,(H2,26,27). The van der Waals surface area contributed by atoms with Gasteiger partial charge in [0.05, 0.1) is 11.3 Å². The Bertz CT molecular complexity index is 1090. The number of nitrogen functional groups attached to an aromatic ring is 1. The van der Waals surface area contributed by atoms with Crippen molar-refractivity contribution in [3.63, 3.8) is 0 Å². The predicted molar refractivity (Wildman–Crippen MR) is 88.8 cm³/mol. The third-order valence-electron chi connectivity index (χ3n) is 3.95. The molecule has 0 unspecified atom stereocenters. The molecule has 0 atom stereocenters. The molecule has 27 heavy (non-hydrogen) atoms. The molecule has 0 radical (unpaired) electrons. The summed E-state index contributed by atoms with van der Waals surface area (Å²) >= 11 is 0. The monoisotopic (exact) mass is 375 g/mol. The lowest BCUT2D eigenvalue weighted by Crippen LogP contribution is -2.07. The minimum atomic E-state index is -2.28. The lowest BCUT2D eigenvalue weighted by atomic mass is 9.96. The van der Waals surface area contributed by atoms with E-state index in [4.69, 9.17) is 5.73 Å². The fraction of sp³-hybridized carbons (Fsp3) is 0.0526. The summed E-state index contributed by atoms with van der Waals surface area (Å²) < 4.78 is 69.0. The molecule has 0 aliphatic carbocycles. The number of rotatable bonds is 2. The zero-order valence-electron chi connectivity index (χ0n) is 13.7. The Balaban J connectivity index is 2.39. The molecule has 3 aromatic rings. The molecule has 136 valence electrons. The van der Waals surface area contributed by atoms with Gasteiger partial charge in [-0.15, -0.1) is 0 Å². The van der Waals surface area contributed by atoms with E-state index in [2.05, 4.69) is 4.98 Å². The highest BCUT2D eigenvalue weighted by molar-refractivity contribution is 5.81. The molecule has 1 heterocycles. The average molecular weight is 375 g/mol. The molecular formula is C19H10F5N3. The fourth-order valence-electron chi connectivity index (χ4n) is 2.67. The van der Waals surface area contributed by atoms with Crippen molar-refractivity contribution in [3.05, 3.63) is 70.5 Å². The molecule has 0 aliphatic rings. The van der Waals surface area contributed by atoms with Crippen molar-refractivity contribution in [2.75, 3.05) is 5.73 Å². The molecule has 1 aromatic heterocycles. The number of nitrogens with two attached hydrogens (primary N) is 1. The predicted octanol–water partition coefficient (Wildman–Crippen LogP) is 4.87. The second-order valence-corrected chi connectivity index (χ2v) is 5.74. The number of aromatic nitrogens is 1. The van der Waals surface area contributed by atoms with Gasteiger partial charge in [-0.1, -0.05) is 23.8 Å². The second kappa shape index (κ2) is 6.68. The summed E-state index contributed by atoms with van der Waals surface area (Å²) in [5, 5.41) is 9.26. The summed E-state index contributed by atoms with van der Waals surface area (Å²) in [6.45, 7) is 1.79. The van der Waals surface area contributed by atoms with Gasteiger partial charge in [-0.25, -0.2) is 26.9 Å². The molecule has 0 spiro atoms. The summed E-state index contributed by atoms with van der Waals surface area (Å²) in [5.41, 5.74) is 4.92. The van der Waals surface area contributed by atoms with Crippen LogP contribution < -0.4 is 5.73 Å². The van der Waals surface area contributed by atoms with E-state index in [0.717, 1.165) is 11.6 Å². The van der Waals surface area contributed by atoms with E-state index in [0.29, 0.717) is 5.56 Å². The molecule has 3 nitrogen and oxygen atoms in total. The lowest BCUT2D eigenvalue weighted by Gasteiger charge is -2.13. The molecule has 0 amide bonds. The van der Waals surface area contributed by atoms with Crippen molar-refractivity contribution in [1.29, 1.82) is 5.26 Å². The van der Waals surface area contributed by atoms with E-state index in [9.17, 15) is 27.2 Å². The minimum absolute atomic E-state index is 0.120. The molecule has 0 saturated carbocycles. The number of nitriles is 1. The molecule has 0 bridgehead atoms. The lowest BCUT2D eigenvalue weighted by molar-refractivity contribution is 0.381. The van der Waals surface area contributed by atoms with E-state index in [-0.39, 0.29) is 5.69 Å². The summed E-state index contributed by atoms with van der Waals surface area (Å²) in [6, 6.07) is 9.48. The van der Waals surface area contributed by atoms with Crippen LogP contribution in [0.4, 0.5) is 27.8 Å². The summed E-state index contributed by atoms with van der Waals surface area (Å²) in [4.78, 5) is 4.01. The zero-order chi connectivity index (χ0) is 19.9. The van der Waals surface area contributed by atoms with Crippen molar-refractivity contribution in [2.45, 2.75) is 6.92 Å². The smallest absolute Gasteiger partial charge is 0.200 e. The Morgan fingerprint density at radius 3 is 2.07 bits per heavy atom. The molecule has 2 aromatic carbocycles. The number of pyridine rings is 1. The highest BCUT2D eigenvalue weighted by atomic mass is 19.2. The quantitative estimate of drug-likeness (QED) is 0.395. The highest BCUT2D eigenvalue weighted by Crippen LogP contribution is 2.37. The van der Waals surface area contributed by atoms with Crippen LogP contribution >= 0.6 is 0 Å². The Hall–Kier alpha value is -3.47. The zero-order valence-corrected chi connectivity index (χ0v) is 13.7. The number of nitrogens with zero attached hydrogens (tertiary/aromatic N) is 2. The minimum Gasteiger partial charge on any atom is -0.383 e. The molecular weight excluding hydrogens is 365 g/mol. The average Bonchev–Trinajstić information content (AvgIpc) is 2.64. The number of aryl methyl sites for hydroxylation is 1. The van der Waals surface area contributed by atoms with E-state index in [1.54, 1.807) is 37.3 Å². The van der Waals surface area contributed by atoms with E-state index >= 15 is 0 Å². The SMILES string of the molecule is Cc1cccc(-c2cc(-c3c(F)c(F)c(F)c(F)c3F)c(C#N)c(N)n2)c1. The Labute approximate surface area is 150 Å². The Morgan fingerprint density at radius 2 is 1.52 bits per heavy atom. The number of anilines is 1. The number of hydrogen-bond donors (Lipinski definition) is 1. The Morgan fingerprint density at radius 1 is 0.926 bits per heavy atom. The van der Waals surface area contributed by atoms with Crippen molar-refractivity contribution in [1.82, 2.24) is 4.98 Å². The van der Waals surface area contributed by atoms with Gasteiger partial charge < -0.3 is 5.73 Å². The Kier molecular flexibility index (Phi) is 4.54. The first kappa shape index (κ1) is 18.3. The normalized spacial score (nSPS) is 10.7. The van der Waals surface area contributed by atoms with Crippen molar-refractivity contribution < 1.29 is 22.0 Å². The molecule has 0 fully saturated rings. The van der Waals surface area contributed by atoms with Crippen molar-refractivity contribution in [3.8, 4) is 28.5 Å². The maximum atomic E-state index is 14.2. The molecule has 0 saturated heterocycles. The van der Waals surface area contributed by atoms with Crippen molar-refractivity contribution in [2.24, 2.45) is 0 Å². The van der Waals surface area contributed by atoms with Gasteiger partial charge in [0.15, 0.2) is 23.3 Å². The largest absolute Gasteiger partial charge is 0.383 e.